The van der Waals surface area contributed by atoms with E-state index in [4.69, 9.17) is 0 Å². The molecule has 1 fully saturated rings. The highest BCUT2D eigenvalue weighted by Gasteiger charge is 2.32. The van der Waals surface area contributed by atoms with Crippen LogP contribution in [-0.4, -0.2) is 43.2 Å². The first-order valence-corrected chi connectivity index (χ1v) is 8.31. The predicted molar refractivity (Wildman–Crippen MR) is 92.7 cm³/mol. The second kappa shape index (κ2) is 8.29. The lowest BCUT2D eigenvalue weighted by Crippen LogP contribution is -2.46. The Balaban J connectivity index is 1.77. The summed E-state index contributed by atoms with van der Waals surface area (Å²) in [7, 11) is 2.07. The van der Waals surface area contributed by atoms with Crippen LogP contribution in [-0.2, 0) is 6.54 Å². The Morgan fingerprint density at radius 2 is 1.92 bits per heavy atom. The largest absolute Gasteiger partial charge is 0.429 e. The molecular formula is C18H25F2N3O2. The van der Waals surface area contributed by atoms with Crippen molar-refractivity contribution in [1.82, 2.24) is 15.5 Å². The van der Waals surface area contributed by atoms with Gasteiger partial charge in [0.2, 0.25) is 0 Å². The summed E-state index contributed by atoms with van der Waals surface area (Å²) >= 11 is 0. The number of urea groups is 1. The van der Waals surface area contributed by atoms with E-state index in [9.17, 15) is 13.6 Å². The Bertz CT molecular complexity index is 597. The molecule has 1 aliphatic heterocycles. The Morgan fingerprint density at radius 3 is 2.48 bits per heavy atom. The Labute approximate surface area is 147 Å². The van der Waals surface area contributed by atoms with Gasteiger partial charge in [-0.15, -0.1) is 0 Å². The van der Waals surface area contributed by atoms with E-state index >= 15 is 0 Å². The molecule has 0 bridgehead atoms. The second-order valence-electron chi connectivity index (χ2n) is 6.45. The van der Waals surface area contributed by atoms with Crippen LogP contribution in [0.1, 0.15) is 25.3 Å². The van der Waals surface area contributed by atoms with E-state index in [-0.39, 0.29) is 23.4 Å². The molecule has 0 saturated carbocycles. The Kier molecular flexibility index (Phi) is 6.36. The van der Waals surface area contributed by atoms with Crippen molar-refractivity contribution in [3.8, 4) is 5.75 Å². The molecule has 0 radical (unpaired) electrons. The number of carbonyl (C=O) groups is 1. The molecule has 0 spiro atoms. The number of amides is 2. The number of benzene rings is 1. The van der Waals surface area contributed by atoms with E-state index in [0.717, 1.165) is 31.5 Å². The molecule has 0 aromatic heterocycles. The first kappa shape index (κ1) is 19.2. The van der Waals surface area contributed by atoms with Crippen LogP contribution in [0.4, 0.5) is 13.6 Å². The van der Waals surface area contributed by atoms with Crippen molar-refractivity contribution in [2.45, 2.75) is 38.5 Å². The molecule has 2 rings (SSSR count). The van der Waals surface area contributed by atoms with Crippen molar-refractivity contribution in [3.05, 3.63) is 42.0 Å². The van der Waals surface area contributed by atoms with Gasteiger partial charge in [0.1, 0.15) is 5.75 Å². The number of hydrogen-bond donors (Lipinski definition) is 2. The van der Waals surface area contributed by atoms with Gasteiger partial charge in [-0.05, 0) is 57.6 Å². The van der Waals surface area contributed by atoms with Gasteiger partial charge in [-0.3, -0.25) is 0 Å². The van der Waals surface area contributed by atoms with Crippen molar-refractivity contribution in [1.29, 1.82) is 0 Å². The Morgan fingerprint density at radius 1 is 1.32 bits per heavy atom. The zero-order chi connectivity index (χ0) is 18.4. The van der Waals surface area contributed by atoms with Crippen LogP contribution in [0.15, 0.2) is 36.4 Å². The average molecular weight is 353 g/mol. The summed E-state index contributed by atoms with van der Waals surface area (Å²) in [5.74, 6) is 0.0486. The van der Waals surface area contributed by atoms with E-state index in [1.165, 1.54) is 19.1 Å². The van der Waals surface area contributed by atoms with Crippen molar-refractivity contribution in [2.24, 2.45) is 0 Å². The molecule has 1 heterocycles. The van der Waals surface area contributed by atoms with Crippen molar-refractivity contribution in [3.63, 3.8) is 0 Å². The molecule has 0 unspecified atom stereocenters. The number of alkyl halides is 2. The fraction of sp³-hybridized carbons (Fsp3) is 0.500. The minimum atomic E-state index is -3.40. The number of carbonyl (C=O) groups excluding carboxylic acids is 1. The SMILES string of the molecule is C=C(C)C(F)(F)Oc1ccc(CNC(=O)NC2CCN(C)CC2)cc1. The molecule has 1 aromatic carbocycles. The Hall–Kier alpha value is -2.15. The quantitative estimate of drug-likeness (QED) is 0.773. The number of piperidine rings is 1. The third kappa shape index (κ3) is 6.01. The van der Waals surface area contributed by atoms with Gasteiger partial charge < -0.3 is 20.3 Å². The molecule has 7 heteroatoms. The van der Waals surface area contributed by atoms with Gasteiger partial charge in [0.15, 0.2) is 0 Å². The van der Waals surface area contributed by atoms with Crippen LogP contribution in [0.5, 0.6) is 5.75 Å². The predicted octanol–water partition coefficient (Wildman–Crippen LogP) is 3.13. The van der Waals surface area contributed by atoms with E-state index in [1.807, 2.05) is 0 Å². The van der Waals surface area contributed by atoms with Gasteiger partial charge in [0, 0.05) is 18.2 Å². The fourth-order valence-electron chi connectivity index (χ4n) is 2.48. The topological polar surface area (TPSA) is 53.6 Å². The number of halogens is 2. The molecule has 5 nitrogen and oxygen atoms in total. The van der Waals surface area contributed by atoms with Crippen LogP contribution in [0.2, 0.25) is 0 Å². The molecule has 2 amide bonds. The summed E-state index contributed by atoms with van der Waals surface area (Å²) < 4.78 is 31.5. The molecule has 25 heavy (non-hydrogen) atoms. The number of nitrogens with one attached hydrogen (secondary N) is 2. The zero-order valence-corrected chi connectivity index (χ0v) is 14.6. The molecule has 1 saturated heterocycles. The van der Waals surface area contributed by atoms with Crippen molar-refractivity contribution >= 4 is 6.03 Å². The third-order valence-electron chi connectivity index (χ3n) is 4.17. The van der Waals surface area contributed by atoms with E-state index in [2.05, 4.69) is 33.9 Å². The second-order valence-corrected chi connectivity index (χ2v) is 6.45. The van der Waals surface area contributed by atoms with Crippen LogP contribution < -0.4 is 15.4 Å². The summed E-state index contributed by atoms with van der Waals surface area (Å²) in [5, 5.41) is 5.73. The maximum absolute atomic E-state index is 13.4. The maximum atomic E-state index is 13.4. The summed E-state index contributed by atoms with van der Waals surface area (Å²) in [6, 6.07) is 6.14. The summed E-state index contributed by atoms with van der Waals surface area (Å²) in [6.45, 7) is 6.68. The molecular weight excluding hydrogens is 328 g/mol. The molecule has 1 aromatic rings. The minimum absolute atomic E-state index is 0.0486. The first-order valence-electron chi connectivity index (χ1n) is 8.31. The highest BCUT2D eigenvalue weighted by Crippen LogP contribution is 2.27. The van der Waals surface area contributed by atoms with E-state index in [1.54, 1.807) is 12.1 Å². The monoisotopic (exact) mass is 353 g/mol. The lowest BCUT2D eigenvalue weighted by atomic mass is 10.1. The minimum Gasteiger partial charge on any atom is -0.429 e. The number of likely N-dealkylation sites (tertiary alicyclic amines) is 1. The summed E-state index contributed by atoms with van der Waals surface area (Å²) in [6.07, 6.45) is -1.52. The van der Waals surface area contributed by atoms with Crippen LogP contribution in [0.3, 0.4) is 0 Å². The summed E-state index contributed by atoms with van der Waals surface area (Å²) in [4.78, 5) is 14.2. The molecule has 2 N–H and O–H groups in total. The molecule has 1 aliphatic rings. The van der Waals surface area contributed by atoms with Gasteiger partial charge in [0.05, 0.1) is 0 Å². The highest BCUT2D eigenvalue weighted by molar-refractivity contribution is 5.74. The van der Waals surface area contributed by atoms with Crippen LogP contribution >= 0.6 is 0 Å². The normalized spacial score (nSPS) is 16.3. The van der Waals surface area contributed by atoms with E-state index in [0.29, 0.717) is 6.54 Å². The first-order chi connectivity index (χ1) is 11.8. The maximum Gasteiger partial charge on any atom is 0.422 e. The average Bonchev–Trinajstić information content (AvgIpc) is 2.56. The smallest absolute Gasteiger partial charge is 0.422 e. The zero-order valence-electron chi connectivity index (χ0n) is 14.6. The van der Waals surface area contributed by atoms with Crippen LogP contribution in [0.25, 0.3) is 0 Å². The standard InChI is InChI=1S/C18H25F2N3O2/c1-13(2)18(19,20)25-16-6-4-14(5-7-16)12-21-17(24)22-15-8-10-23(3)11-9-15/h4-7,15H,1,8-12H2,2-3H3,(H2,21,22,24). The third-order valence-corrected chi connectivity index (χ3v) is 4.17. The van der Waals surface area contributed by atoms with E-state index < -0.39 is 6.11 Å². The number of ether oxygens (including phenoxy) is 1. The lowest BCUT2D eigenvalue weighted by molar-refractivity contribution is -0.141. The molecule has 0 atom stereocenters. The number of nitrogens with zero attached hydrogens (tertiary/aromatic N) is 1. The van der Waals surface area contributed by atoms with Crippen molar-refractivity contribution < 1.29 is 18.3 Å². The fourth-order valence-corrected chi connectivity index (χ4v) is 2.48. The van der Waals surface area contributed by atoms with Gasteiger partial charge in [-0.1, -0.05) is 18.7 Å². The van der Waals surface area contributed by atoms with Crippen molar-refractivity contribution in [2.75, 3.05) is 20.1 Å². The van der Waals surface area contributed by atoms with Crippen LogP contribution in [0, 0.1) is 0 Å². The molecule has 0 aliphatic carbocycles. The van der Waals surface area contributed by atoms with Gasteiger partial charge in [-0.25, -0.2) is 4.79 Å². The van der Waals surface area contributed by atoms with Gasteiger partial charge in [-0.2, -0.15) is 8.78 Å². The highest BCUT2D eigenvalue weighted by atomic mass is 19.3. The lowest BCUT2D eigenvalue weighted by Gasteiger charge is -2.29. The summed E-state index contributed by atoms with van der Waals surface area (Å²) in [5.41, 5.74) is 0.438. The number of rotatable bonds is 6. The van der Waals surface area contributed by atoms with Gasteiger partial charge >= 0.3 is 12.1 Å². The van der Waals surface area contributed by atoms with Gasteiger partial charge in [0.25, 0.3) is 0 Å². The molecule has 138 valence electrons. The number of hydrogen-bond acceptors (Lipinski definition) is 3.